The molecule has 0 bridgehead atoms. The smallest absolute Gasteiger partial charge is 0.244 e. The number of para-hydroxylation sites is 1. The number of ether oxygens (including phenoxy) is 1. The topological polar surface area (TPSA) is 38.3 Å². The van der Waals surface area contributed by atoms with Crippen LogP contribution in [0.1, 0.15) is 24.1 Å². The third kappa shape index (κ3) is 4.21. The molecule has 0 aromatic heterocycles. The Bertz CT molecular complexity index is 620. The van der Waals surface area contributed by atoms with Crippen molar-refractivity contribution in [1.29, 1.82) is 0 Å². The molecule has 0 aliphatic rings. The van der Waals surface area contributed by atoms with Crippen molar-refractivity contribution in [1.82, 2.24) is 5.32 Å². The standard InChI is InChI=1S/C18H19NO2/c1-14(15-8-4-3-5-9-15)19-18(20)13-12-16-10-6-7-11-17(16)21-2/h3-14H,1-2H3,(H,19,20)/b13-12+/t14-/m0/s1. The van der Waals surface area contributed by atoms with Crippen LogP contribution in [-0.2, 0) is 4.79 Å². The number of carbonyl (C=O) groups excluding carboxylic acids is 1. The van der Waals surface area contributed by atoms with Gasteiger partial charge in [-0.1, -0.05) is 48.5 Å². The predicted molar refractivity (Wildman–Crippen MR) is 85.0 cm³/mol. The molecule has 0 aliphatic heterocycles. The minimum atomic E-state index is -0.128. The van der Waals surface area contributed by atoms with Crippen LogP contribution in [0.2, 0.25) is 0 Å². The highest BCUT2D eigenvalue weighted by Gasteiger charge is 2.06. The Morgan fingerprint density at radius 3 is 2.48 bits per heavy atom. The largest absolute Gasteiger partial charge is 0.496 e. The Kier molecular flexibility index (Phi) is 5.16. The molecule has 0 radical (unpaired) electrons. The summed E-state index contributed by atoms with van der Waals surface area (Å²) >= 11 is 0. The van der Waals surface area contributed by atoms with E-state index in [0.29, 0.717) is 0 Å². The first kappa shape index (κ1) is 14.9. The van der Waals surface area contributed by atoms with Gasteiger partial charge in [0.2, 0.25) is 5.91 Å². The zero-order valence-corrected chi connectivity index (χ0v) is 12.2. The highest BCUT2D eigenvalue weighted by molar-refractivity contribution is 5.92. The lowest BCUT2D eigenvalue weighted by Gasteiger charge is -2.12. The SMILES string of the molecule is COc1ccccc1/C=C/C(=O)N[C@@H](C)c1ccccc1. The molecule has 0 unspecified atom stereocenters. The van der Waals surface area contributed by atoms with Crippen LogP contribution in [0.4, 0.5) is 0 Å². The van der Waals surface area contributed by atoms with E-state index in [0.717, 1.165) is 16.9 Å². The van der Waals surface area contributed by atoms with E-state index in [9.17, 15) is 4.79 Å². The van der Waals surface area contributed by atoms with E-state index in [-0.39, 0.29) is 11.9 Å². The van der Waals surface area contributed by atoms with Crippen LogP contribution < -0.4 is 10.1 Å². The first-order chi connectivity index (χ1) is 10.2. The van der Waals surface area contributed by atoms with Crippen molar-refractivity contribution in [2.45, 2.75) is 13.0 Å². The predicted octanol–water partition coefficient (Wildman–Crippen LogP) is 3.59. The summed E-state index contributed by atoms with van der Waals surface area (Å²) < 4.78 is 5.25. The second-order valence-electron chi connectivity index (χ2n) is 4.72. The van der Waals surface area contributed by atoms with Crippen LogP contribution in [0.15, 0.2) is 60.7 Å². The first-order valence-electron chi connectivity index (χ1n) is 6.87. The summed E-state index contributed by atoms with van der Waals surface area (Å²) in [6, 6.07) is 17.4. The summed E-state index contributed by atoms with van der Waals surface area (Å²) in [4.78, 5) is 12.0. The van der Waals surface area contributed by atoms with Crippen LogP contribution >= 0.6 is 0 Å². The number of amides is 1. The molecule has 0 heterocycles. The summed E-state index contributed by atoms with van der Waals surface area (Å²) in [6.07, 6.45) is 3.28. The number of hydrogen-bond acceptors (Lipinski definition) is 2. The Morgan fingerprint density at radius 2 is 1.76 bits per heavy atom. The van der Waals surface area contributed by atoms with Crippen molar-refractivity contribution in [3.63, 3.8) is 0 Å². The van der Waals surface area contributed by atoms with Crippen molar-refractivity contribution < 1.29 is 9.53 Å². The minimum absolute atomic E-state index is 0.0268. The molecule has 0 saturated carbocycles. The van der Waals surface area contributed by atoms with Gasteiger partial charge >= 0.3 is 0 Å². The van der Waals surface area contributed by atoms with Gasteiger partial charge in [0, 0.05) is 11.6 Å². The highest BCUT2D eigenvalue weighted by atomic mass is 16.5. The van der Waals surface area contributed by atoms with Crippen LogP contribution in [0.25, 0.3) is 6.08 Å². The van der Waals surface area contributed by atoms with Crippen molar-refractivity contribution in [3.05, 3.63) is 71.8 Å². The van der Waals surface area contributed by atoms with Crippen molar-refractivity contribution >= 4 is 12.0 Å². The number of carbonyl (C=O) groups is 1. The molecule has 1 atom stereocenters. The summed E-state index contributed by atoms with van der Waals surface area (Å²) in [5, 5.41) is 2.94. The zero-order valence-electron chi connectivity index (χ0n) is 12.2. The van der Waals surface area contributed by atoms with Crippen LogP contribution in [0.3, 0.4) is 0 Å². The van der Waals surface area contributed by atoms with Gasteiger partial charge in [0.25, 0.3) is 0 Å². The van der Waals surface area contributed by atoms with Gasteiger partial charge in [-0.05, 0) is 24.6 Å². The fourth-order valence-corrected chi connectivity index (χ4v) is 2.06. The number of benzene rings is 2. The van der Waals surface area contributed by atoms with Gasteiger partial charge in [0.15, 0.2) is 0 Å². The van der Waals surface area contributed by atoms with Crippen molar-refractivity contribution in [2.24, 2.45) is 0 Å². The lowest BCUT2D eigenvalue weighted by Crippen LogP contribution is -2.24. The average molecular weight is 281 g/mol. The average Bonchev–Trinajstić information content (AvgIpc) is 2.54. The Morgan fingerprint density at radius 1 is 1.10 bits per heavy atom. The van der Waals surface area contributed by atoms with Gasteiger partial charge in [-0.15, -0.1) is 0 Å². The Balaban J connectivity index is 2.00. The van der Waals surface area contributed by atoms with E-state index in [2.05, 4.69) is 5.32 Å². The summed E-state index contributed by atoms with van der Waals surface area (Å²) in [5.74, 6) is 0.620. The van der Waals surface area contributed by atoms with Crippen LogP contribution in [-0.4, -0.2) is 13.0 Å². The molecular formula is C18H19NO2. The van der Waals surface area contributed by atoms with Gasteiger partial charge < -0.3 is 10.1 Å². The summed E-state index contributed by atoms with van der Waals surface area (Å²) in [5.41, 5.74) is 1.96. The molecule has 0 aliphatic carbocycles. The van der Waals surface area contributed by atoms with Gasteiger partial charge in [0.05, 0.1) is 13.2 Å². The van der Waals surface area contributed by atoms with Gasteiger partial charge in [-0.3, -0.25) is 4.79 Å². The number of rotatable bonds is 5. The van der Waals surface area contributed by atoms with E-state index in [1.807, 2.05) is 61.5 Å². The zero-order chi connectivity index (χ0) is 15.1. The molecule has 0 saturated heterocycles. The van der Waals surface area contributed by atoms with E-state index in [1.165, 1.54) is 6.08 Å². The van der Waals surface area contributed by atoms with E-state index in [4.69, 9.17) is 4.74 Å². The second kappa shape index (κ2) is 7.29. The number of methoxy groups -OCH3 is 1. The third-order valence-electron chi connectivity index (χ3n) is 3.21. The normalized spacial score (nSPS) is 12.1. The summed E-state index contributed by atoms with van der Waals surface area (Å²) in [7, 11) is 1.62. The molecule has 3 heteroatoms. The van der Waals surface area contributed by atoms with Gasteiger partial charge in [-0.2, -0.15) is 0 Å². The van der Waals surface area contributed by atoms with Gasteiger partial charge in [-0.25, -0.2) is 0 Å². The molecular weight excluding hydrogens is 262 g/mol. The second-order valence-corrected chi connectivity index (χ2v) is 4.72. The Labute approximate surface area is 125 Å². The van der Waals surface area contributed by atoms with Gasteiger partial charge in [0.1, 0.15) is 5.75 Å². The van der Waals surface area contributed by atoms with Crippen molar-refractivity contribution in [2.75, 3.05) is 7.11 Å². The Hall–Kier alpha value is -2.55. The molecule has 108 valence electrons. The molecule has 0 spiro atoms. The third-order valence-corrected chi connectivity index (χ3v) is 3.21. The maximum atomic E-state index is 12.0. The van der Waals surface area contributed by atoms with E-state index >= 15 is 0 Å². The van der Waals surface area contributed by atoms with E-state index < -0.39 is 0 Å². The molecule has 21 heavy (non-hydrogen) atoms. The minimum Gasteiger partial charge on any atom is -0.496 e. The summed E-state index contributed by atoms with van der Waals surface area (Å²) in [6.45, 7) is 1.96. The van der Waals surface area contributed by atoms with Crippen LogP contribution in [0.5, 0.6) is 5.75 Å². The maximum absolute atomic E-state index is 12.0. The molecule has 2 aromatic carbocycles. The monoisotopic (exact) mass is 281 g/mol. The molecule has 0 fully saturated rings. The highest BCUT2D eigenvalue weighted by Crippen LogP contribution is 2.18. The fourth-order valence-electron chi connectivity index (χ4n) is 2.06. The molecule has 1 N–H and O–H groups in total. The lowest BCUT2D eigenvalue weighted by molar-refractivity contribution is -0.117. The number of hydrogen-bond donors (Lipinski definition) is 1. The molecule has 3 nitrogen and oxygen atoms in total. The first-order valence-corrected chi connectivity index (χ1v) is 6.87. The lowest BCUT2D eigenvalue weighted by atomic mass is 10.1. The van der Waals surface area contributed by atoms with Crippen molar-refractivity contribution in [3.8, 4) is 5.75 Å². The van der Waals surface area contributed by atoms with E-state index in [1.54, 1.807) is 13.2 Å². The number of nitrogens with one attached hydrogen (secondary N) is 1. The maximum Gasteiger partial charge on any atom is 0.244 e. The molecule has 1 amide bonds. The van der Waals surface area contributed by atoms with Crippen LogP contribution in [0, 0.1) is 0 Å². The fraction of sp³-hybridized carbons (Fsp3) is 0.167. The quantitative estimate of drug-likeness (QED) is 0.851. The molecule has 2 aromatic rings. The molecule has 2 rings (SSSR count).